The van der Waals surface area contributed by atoms with Crippen molar-refractivity contribution in [1.82, 2.24) is 10.2 Å². The minimum Gasteiger partial charge on any atom is -0.480 e. The Hall–Kier alpha value is -0.950. The second kappa shape index (κ2) is 8.48. The lowest BCUT2D eigenvalue weighted by Crippen LogP contribution is -2.47. The number of hydrogen-bond acceptors (Lipinski definition) is 4. The number of carbonyl (C=O) groups excluding carboxylic acids is 1. The molecule has 2 aliphatic rings. The molecule has 2 N–H and O–H groups in total. The van der Waals surface area contributed by atoms with Crippen molar-refractivity contribution in [3.05, 3.63) is 0 Å². The van der Waals surface area contributed by atoms with Gasteiger partial charge in [0.15, 0.2) is 0 Å². The van der Waals surface area contributed by atoms with Crippen LogP contribution in [-0.4, -0.2) is 65.4 Å². The first-order chi connectivity index (χ1) is 10.1. The first-order valence-corrected chi connectivity index (χ1v) is 8.68. The Labute approximate surface area is 129 Å². The van der Waals surface area contributed by atoms with Gasteiger partial charge in [-0.2, -0.15) is 11.8 Å². The first-order valence-electron chi connectivity index (χ1n) is 7.63. The van der Waals surface area contributed by atoms with E-state index in [0.29, 0.717) is 31.2 Å². The number of thioether (sulfide) groups is 1. The van der Waals surface area contributed by atoms with Crippen molar-refractivity contribution in [2.75, 3.05) is 32.0 Å². The van der Waals surface area contributed by atoms with Crippen LogP contribution in [-0.2, 0) is 9.53 Å². The SMILES string of the molecule is O=C(O)COC1CCN(C(=O)NCC2CCCCS2)CC1. The van der Waals surface area contributed by atoms with Crippen LogP contribution >= 0.6 is 11.8 Å². The number of hydrogen-bond donors (Lipinski definition) is 2. The lowest BCUT2D eigenvalue weighted by molar-refractivity contribution is -0.145. The second-order valence-electron chi connectivity index (χ2n) is 5.57. The van der Waals surface area contributed by atoms with Gasteiger partial charge in [0.2, 0.25) is 0 Å². The molecule has 2 saturated heterocycles. The van der Waals surface area contributed by atoms with E-state index in [9.17, 15) is 9.59 Å². The Morgan fingerprint density at radius 3 is 2.62 bits per heavy atom. The molecule has 2 aliphatic heterocycles. The third-order valence-corrected chi connectivity index (χ3v) is 5.32. The highest BCUT2D eigenvalue weighted by Crippen LogP contribution is 2.24. The lowest BCUT2D eigenvalue weighted by atomic mass is 10.1. The average Bonchev–Trinajstić information content (AvgIpc) is 2.52. The van der Waals surface area contributed by atoms with Crippen LogP contribution in [0.2, 0.25) is 0 Å². The van der Waals surface area contributed by atoms with Gasteiger partial charge in [-0.05, 0) is 31.4 Å². The summed E-state index contributed by atoms with van der Waals surface area (Å²) in [6.45, 7) is 1.76. The largest absolute Gasteiger partial charge is 0.480 e. The Bertz CT molecular complexity index is 353. The number of aliphatic carboxylic acids is 1. The number of likely N-dealkylation sites (tertiary alicyclic amines) is 1. The van der Waals surface area contributed by atoms with Gasteiger partial charge >= 0.3 is 12.0 Å². The quantitative estimate of drug-likeness (QED) is 0.804. The lowest BCUT2D eigenvalue weighted by Gasteiger charge is -2.32. The van der Waals surface area contributed by atoms with Crippen LogP contribution < -0.4 is 5.32 Å². The Kier molecular flexibility index (Phi) is 6.63. The highest BCUT2D eigenvalue weighted by atomic mass is 32.2. The molecule has 2 amide bonds. The second-order valence-corrected chi connectivity index (χ2v) is 6.97. The smallest absolute Gasteiger partial charge is 0.329 e. The molecule has 1 atom stereocenters. The first kappa shape index (κ1) is 16.4. The molecule has 6 nitrogen and oxygen atoms in total. The van der Waals surface area contributed by atoms with Gasteiger partial charge in [-0.15, -0.1) is 0 Å². The minimum atomic E-state index is -0.944. The summed E-state index contributed by atoms with van der Waals surface area (Å²) >= 11 is 1.95. The molecule has 1 unspecified atom stereocenters. The molecule has 0 aromatic rings. The van der Waals surface area contributed by atoms with E-state index >= 15 is 0 Å². The Morgan fingerprint density at radius 1 is 1.24 bits per heavy atom. The fourth-order valence-electron chi connectivity index (χ4n) is 2.70. The van der Waals surface area contributed by atoms with E-state index in [1.165, 1.54) is 25.0 Å². The fraction of sp³-hybridized carbons (Fsp3) is 0.857. The van der Waals surface area contributed by atoms with Crippen LogP contribution in [0.4, 0.5) is 4.79 Å². The molecule has 120 valence electrons. The number of ether oxygens (including phenoxy) is 1. The van der Waals surface area contributed by atoms with E-state index in [-0.39, 0.29) is 18.7 Å². The third-order valence-electron chi connectivity index (χ3n) is 3.93. The van der Waals surface area contributed by atoms with Crippen LogP contribution in [0.25, 0.3) is 0 Å². The number of carboxylic acid groups (broad SMARTS) is 1. The van der Waals surface area contributed by atoms with Crippen LogP contribution in [0, 0.1) is 0 Å². The number of carboxylic acids is 1. The number of amides is 2. The summed E-state index contributed by atoms with van der Waals surface area (Å²) in [4.78, 5) is 24.3. The zero-order chi connectivity index (χ0) is 15.1. The van der Waals surface area contributed by atoms with Crippen LogP contribution in [0.1, 0.15) is 32.1 Å². The summed E-state index contributed by atoms with van der Waals surface area (Å²) in [5.41, 5.74) is 0. The number of carbonyl (C=O) groups is 2. The summed E-state index contributed by atoms with van der Waals surface area (Å²) in [5, 5.41) is 12.1. The van der Waals surface area contributed by atoms with Crippen LogP contribution in [0.3, 0.4) is 0 Å². The minimum absolute atomic E-state index is 0.00198. The summed E-state index contributed by atoms with van der Waals surface area (Å²) in [5.74, 6) is 0.257. The average molecular weight is 316 g/mol. The van der Waals surface area contributed by atoms with Crippen molar-refractivity contribution in [3.8, 4) is 0 Å². The zero-order valence-corrected chi connectivity index (χ0v) is 13.1. The van der Waals surface area contributed by atoms with Gasteiger partial charge < -0.3 is 20.1 Å². The third kappa shape index (κ3) is 5.74. The zero-order valence-electron chi connectivity index (χ0n) is 12.3. The van der Waals surface area contributed by atoms with Crippen molar-refractivity contribution in [3.63, 3.8) is 0 Å². The molecule has 0 aliphatic carbocycles. The topological polar surface area (TPSA) is 78.9 Å². The van der Waals surface area contributed by atoms with Gasteiger partial charge in [-0.25, -0.2) is 9.59 Å². The van der Waals surface area contributed by atoms with Gasteiger partial charge in [-0.1, -0.05) is 6.42 Å². The molecule has 0 spiro atoms. The molecule has 2 rings (SSSR count). The molecule has 0 saturated carbocycles. The van der Waals surface area contributed by atoms with Crippen LogP contribution in [0.5, 0.6) is 0 Å². The number of nitrogens with one attached hydrogen (secondary N) is 1. The molecule has 2 heterocycles. The summed E-state index contributed by atoms with van der Waals surface area (Å²) < 4.78 is 5.27. The van der Waals surface area contributed by atoms with Crippen LogP contribution in [0.15, 0.2) is 0 Å². The van der Waals surface area contributed by atoms with Gasteiger partial charge in [0, 0.05) is 24.9 Å². The van der Waals surface area contributed by atoms with E-state index < -0.39 is 5.97 Å². The highest BCUT2D eigenvalue weighted by molar-refractivity contribution is 7.99. The maximum atomic E-state index is 12.1. The molecule has 0 bridgehead atoms. The Balaban J connectivity index is 1.62. The summed E-state index contributed by atoms with van der Waals surface area (Å²) in [6, 6.07) is -0.00198. The van der Waals surface area contributed by atoms with E-state index in [0.717, 1.165) is 6.54 Å². The summed E-state index contributed by atoms with van der Waals surface area (Å²) in [6.07, 6.45) is 5.12. The van der Waals surface area contributed by atoms with E-state index in [1.807, 2.05) is 11.8 Å². The van der Waals surface area contributed by atoms with E-state index in [4.69, 9.17) is 9.84 Å². The molecular weight excluding hydrogens is 292 g/mol. The molecule has 0 radical (unpaired) electrons. The number of nitrogens with zero attached hydrogens (tertiary/aromatic N) is 1. The highest BCUT2D eigenvalue weighted by Gasteiger charge is 2.24. The van der Waals surface area contributed by atoms with Gasteiger partial charge in [0.25, 0.3) is 0 Å². The number of piperidine rings is 1. The molecule has 7 heteroatoms. The predicted molar refractivity (Wildman–Crippen MR) is 81.7 cm³/mol. The van der Waals surface area contributed by atoms with Gasteiger partial charge in [0.05, 0.1) is 6.10 Å². The van der Waals surface area contributed by atoms with E-state index in [2.05, 4.69) is 5.32 Å². The molecule has 2 fully saturated rings. The standard InChI is InChI=1S/C14H24N2O4S/c17-13(18)10-20-11-4-6-16(7-5-11)14(19)15-9-12-3-1-2-8-21-12/h11-12H,1-10H2,(H,15,19)(H,17,18). The normalized spacial score (nSPS) is 23.8. The monoisotopic (exact) mass is 316 g/mol. The number of urea groups is 1. The predicted octanol–water partition coefficient (Wildman–Crippen LogP) is 1.55. The van der Waals surface area contributed by atoms with Gasteiger partial charge in [-0.3, -0.25) is 0 Å². The summed E-state index contributed by atoms with van der Waals surface area (Å²) in [7, 11) is 0. The van der Waals surface area contributed by atoms with E-state index in [1.54, 1.807) is 4.90 Å². The fourth-order valence-corrected chi connectivity index (χ4v) is 3.93. The van der Waals surface area contributed by atoms with Crippen molar-refractivity contribution in [1.29, 1.82) is 0 Å². The Morgan fingerprint density at radius 2 is 2.00 bits per heavy atom. The molecule has 21 heavy (non-hydrogen) atoms. The number of rotatable bonds is 5. The molecular formula is C14H24N2O4S. The van der Waals surface area contributed by atoms with Crippen molar-refractivity contribution in [2.45, 2.75) is 43.5 Å². The molecule has 0 aromatic heterocycles. The molecule has 0 aromatic carbocycles. The van der Waals surface area contributed by atoms with Crippen molar-refractivity contribution >= 4 is 23.8 Å². The maximum Gasteiger partial charge on any atom is 0.329 e. The maximum absolute atomic E-state index is 12.1. The van der Waals surface area contributed by atoms with Gasteiger partial charge in [0.1, 0.15) is 6.61 Å². The van der Waals surface area contributed by atoms with Crippen molar-refractivity contribution in [2.24, 2.45) is 0 Å². The van der Waals surface area contributed by atoms with Crippen molar-refractivity contribution < 1.29 is 19.4 Å².